The number of nitrogens with zero attached hydrogens (tertiary/aromatic N) is 3. The minimum absolute atomic E-state index is 0.555. The molecule has 3 rings (SSSR count). The predicted molar refractivity (Wildman–Crippen MR) is 72.3 cm³/mol. The molecule has 4 heteroatoms. The second kappa shape index (κ2) is 5.22. The third-order valence-electron chi connectivity index (χ3n) is 4.31. The lowest BCUT2D eigenvalue weighted by molar-refractivity contribution is 0.162. The third-order valence-corrected chi connectivity index (χ3v) is 4.31. The summed E-state index contributed by atoms with van der Waals surface area (Å²) >= 11 is 0. The lowest BCUT2D eigenvalue weighted by atomic mass is 9.94. The molecule has 1 aromatic rings. The van der Waals surface area contributed by atoms with E-state index < -0.39 is 0 Å². The van der Waals surface area contributed by atoms with Crippen molar-refractivity contribution in [3.05, 3.63) is 17.6 Å². The molecule has 1 saturated carbocycles. The van der Waals surface area contributed by atoms with E-state index in [9.17, 15) is 0 Å². The van der Waals surface area contributed by atoms with Gasteiger partial charge in [0.25, 0.3) is 0 Å². The quantitative estimate of drug-likeness (QED) is 0.821. The van der Waals surface area contributed by atoms with E-state index in [2.05, 4.69) is 14.9 Å². The van der Waals surface area contributed by atoms with Crippen molar-refractivity contribution in [2.45, 2.75) is 51.0 Å². The van der Waals surface area contributed by atoms with Crippen LogP contribution in [0.25, 0.3) is 0 Å². The summed E-state index contributed by atoms with van der Waals surface area (Å²) in [4.78, 5) is 11.5. The Morgan fingerprint density at radius 1 is 1.06 bits per heavy atom. The van der Waals surface area contributed by atoms with Crippen molar-refractivity contribution in [3.63, 3.8) is 0 Å². The fourth-order valence-electron chi connectivity index (χ4n) is 3.30. The average Bonchev–Trinajstić information content (AvgIpc) is 2.62. The van der Waals surface area contributed by atoms with Gasteiger partial charge < -0.3 is 5.73 Å². The first kappa shape index (κ1) is 11.9. The molecule has 2 N–H and O–H groups in total. The van der Waals surface area contributed by atoms with E-state index in [0.717, 1.165) is 43.4 Å². The van der Waals surface area contributed by atoms with E-state index in [4.69, 9.17) is 5.73 Å². The van der Waals surface area contributed by atoms with Gasteiger partial charge in [0, 0.05) is 32.0 Å². The van der Waals surface area contributed by atoms with Crippen LogP contribution in [0.3, 0.4) is 0 Å². The molecule has 18 heavy (non-hydrogen) atoms. The summed E-state index contributed by atoms with van der Waals surface area (Å²) in [7, 11) is 0. The molecular weight excluding hydrogens is 224 g/mol. The molecule has 4 nitrogen and oxygen atoms in total. The molecule has 0 saturated heterocycles. The van der Waals surface area contributed by atoms with Gasteiger partial charge in [0.1, 0.15) is 5.82 Å². The highest BCUT2D eigenvalue weighted by atomic mass is 15.2. The molecule has 98 valence electrons. The predicted octanol–water partition coefficient (Wildman–Crippen LogP) is 1.79. The van der Waals surface area contributed by atoms with Crippen LogP contribution in [0.2, 0.25) is 0 Å². The molecule has 0 spiro atoms. The van der Waals surface area contributed by atoms with Gasteiger partial charge in [-0.2, -0.15) is 0 Å². The van der Waals surface area contributed by atoms with Crippen LogP contribution in [-0.4, -0.2) is 34.0 Å². The van der Waals surface area contributed by atoms with E-state index in [1.165, 1.54) is 32.1 Å². The van der Waals surface area contributed by atoms with Gasteiger partial charge >= 0.3 is 0 Å². The van der Waals surface area contributed by atoms with E-state index in [0.29, 0.717) is 5.82 Å². The second-order valence-corrected chi connectivity index (χ2v) is 5.52. The Kier molecular flexibility index (Phi) is 3.46. The van der Waals surface area contributed by atoms with Crippen molar-refractivity contribution in [1.29, 1.82) is 0 Å². The minimum Gasteiger partial charge on any atom is -0.382 e. The smallest absolute Gasteiger partial charge is 0.142 e. The lowest BCUT2D eigenvalue weighted by Crippen LogP contribution is -2.38. The molecule has 0 amide bonds. The molecule has 2 aliphatic rings. The number of hydrogen-bond donors (Lipinski definition) is 1. The molecular formula is C14H22N4. The lowest BCUT2D eigenvalue weighted by Gasteiger charge is -2.33. The number of fused-ring (bicyclic) bond motifs is 1. The Morgan fingerprint density at radius 2 is 1.78 bits per heavy atom. The highest BCUT2D eigenvalue weighted by Crippen LogP contribution is 2.24. The topological polar surface area (TPSA) is 55.0 Å². The van der Waals surface area contributed by atoms with E-state index in [1.54, 1.807) is 6.20 Å². The summed E-state index contributed by atoms with van der Waals surface area (Å²) in [6, 6.07) is 0.797. The molecule has 0 atom stereocenters. The Morgan fingerprint density at radius 3 is 2.56 bits per heavy atom. The summed E-state index contributed by atoms with van der Waals surface area (Å²) in [6.07, 6.45) is 10.7. The Labute approximate surface area is 109 Å². The van der Waals surface area contributed by atoms with Crippen LogP contribution >= 0.6 is 0 Å². The summed E-state index contributed by atoms with van der Waals surface area (Å²) in [5.41, 5.74) is 8.00. The maximum absolute atomic E-state index is 5.72. The Balaban J connectivity index is 1.70. The van der Waals surface area contributed by atoms with Crippen molar-refractivity contribution >= 4 is 5.82 Å². The zero-order valence-corrected chi connectivity index (χ0v) is 10.9. The second-order valence-electron chi connectivity index (χ2n) is 5.52. The van der Waals surface area contributed by atoms with Gasteiger partial charge in [-0.3, -0.25) is 9.88 Å². The minimum atomic E-state index is 0.555. The molecule has 1 aromatic heterocycles. The van der Waals surface area contributed by atoms with Crippen LogP contribution in [0.15, 0.2) is 6.20 Å². The van der Waals surface area contributed by atoms with E-state index in [1.807, 2.05) is 0 Å². The number of nitrogens with two attached hydrogens (primary N) is 1. The van der Waals surface area contributed by atoms with Crippen LogP contribution < -0.4 is 5.73 Å². The zero-order chi connectivity index (χ0) is 12.4. The molecule has 0 unspecified atom stereocenters. The van der Waals surface area contributed by atoms with Gasteiger partial charge in [0.15, 0.2) is 0 Å². The van der Waals surface area contributed by atoms with Crippen molar-refractivity contribution in [2.75, 3.05) is 18.8 Å². The molecule has 0 radical (unpaired) electrons. The zero-order valence-electron chi connectivity index (χ0n) is 10.9. The van der Waals surface area contributed by atoms with Crippen LogP contribution in [0, 0.1) is 0 Å². The molecule has 2 heterocycles. The largest absolute Gasteiger partial charge is 0.382 e. The molecule has 1 aliphatic carbocycles. The third kappa shape index (κ3) is 2.48. The number of nitrogen functional groups attached to an aromatic ring is 1. The summed E-state index contributed by atoms with van der Waals surface area (Å²) in [6.45, 7) is 2.26. The van der Waals surface area contributed by atoms with Crippen LogP contribution in [-0.2, 0) is 12.8 Å². The first-order valence-corrected chi connectivity index (χ1v) is 7.17. The maximum atomic E-state index is 5.72. The van der Waals surface area contributed by atoms with Gasteiger partial charge in [0.05, 0.1) is 17.6 Å². The molecule has 1 aliphatic heterocycles. The average molecular weight is 246 g/mol. The van der Waals surface area contributed by atoms with Crippen molar-refractivity contribution in [3.8, 4) is 0 Å². The van der Waals surface area contributed by atoms with E-state index in [-0.39, 0.29) is 0 Å². The van der Waals surface area contributed by atoms with E-state index >= 15 is 0 Å². The Hall–Kier alpha value is -1.16. The van der Waals surface area contributed by atoms with Crippen LogP contribution in [0.4, 0.5) is 5.82 Å². The fraction of sp³-hybridized carbons (Fsp3) is 0.714. The van der Waals surface area contributed by atoms with Gasteiger partial charge in [-0.15, -0.1) is 0 Å². The number of anilines is 1. The highest BCUT2D eigenvalue weighted by Gasteiger charge is 2.24. The van der Waals surface area contributed by atoms with Gasteiger partial charge in [-0.05, 0) is 12.8 Å². The monoisotopic (exact) mass is 246 g/mol. The first-order valence-electron chi connectivity index (χ1n) is 7.17. The standard InChI is InChI=1S/C14H22N4/c15-14-10-16-12-6-8-18(9-7-13(12)17-14)11-4-2-1-3-5-11/h10-11H,1-9H2,(H2,15,17). The Bertz CT molecular complexity index is 412. The SMILES string of the molecule is Nc1cnc2c(n1)CCN(C1CCCCC1)CC2. The first-order chi connectivity index (χ1) is 8.83. The maximum Gasteiger partial charge on any atom is 0.142 e. The number of aromatic nitrogens is 2. The normalized spacial score (nSPS) is 22.4. The molecule has 1 fully saturated rings. The van der Waals surface area contributed by atoms with Crippen LogP contribution in [0.1, 0.15) is 43.5 Å². The molecule has 0 bridgehead atoms. The summed E-state index contributed by atoms with van der Waals surface area (Å²) in [5, 5.41) is 0. The summed E-state index contributed by atoms with van der Waals surface area (Å²) < 4.78 is 0. The van der Waals surface area contributed by atoms with Crippen molar-refractivity contribution in [2.24, 2.45) is 0 Å². The fourth-order valence-corrected chi connectivity index (χ4v) is 3.30. The van der Waals surface area contributed by atoms with Gasteiger partial charge in [-0.1, -0.05) is 19.3 Å². The van der Waals surface area contributed by atoms with Crippen LogP contribution in [0.5, 0.6) is 0 Å². The highest BCUT2D eigenvalue weighted by molar-refractivity contribution is 5.28. The van der Waals surface area contributed by atoms with Gasteiger partial charge in [0.2, 0.25) is 0 Å². The molecule has 0 aromatic carbocycles. The number of rotatable bonds is 1. The summed E-state index contributed by atoms with van der Waals surface area (Å²) in [5.74, 6) is 0.555. The van der Waals surface area contributed by atoms with Gasteiger partial charge in [-0.25, -0.2) is 4.98 Å². The number of hydrogen-bond acceptors (Lipinski definition) is 4. The van der Waals surface area contributed by atoms with Crippen molar-refractivity contribution in [1.82, 2.24) is 14.9 Å². The van der Waals surface area contributed by atoms with Crippen molar-refractivity contribution < 1.29 is 0 Å².